The molecule has 5 heteroatoms. The number of hydrogen-bond donors (Lipinski definition) is 0. The van der Waals surface area contributed by atoms with Crippen LogP contribution in [0, 0.1) is 0 Å². The molecule has 5 nitrogen and oxygen atoms in total. The third-order valence-corrected chi connectivity index (χ3v) is 2.30. The second-order valence-corrected chi connectivity index (χ2v) is 4.25. The Morgan fingerprint density at radius 3 is 2.40 bits per heavy atom. The monoisotopic (exact) mass is 277 g/mol. The molecule has 0 heterocycles. The number of para-hydroxylation sites is 1. The molecule has 1 rings (SSSR count). The van der Waals surface area contributed by atoms with E-state index in [2.05, 4.69) is 0 Å². The lowest BCUT2D eigenvalue weighted by Crippen LogP contribution is -2.23. The molecule has 0 aliphatic rings. The first-order valence-corrected chi connectivity index (χ1v) is 6.31. The molecule has 0 fully saturated rings. The SMILES string of the molecule is CCOC(=O)/C(=C\N(C)C)C(=O)COc1ccccc1. The van der Waals surface area contributed by atoms with Crippen LogP contribution in [0.15, 0.2) is 42.1 Å². The van der Waals surface area contributed by atoms with Crippen molar-refractivity contribution >= 4 is 11.8 Å². The largest absolute Gasteiger partial charge is 0.485 e. The highest BCUT2D eigenvalue weighted by molar-refractivity contribution is 6.17. The van der Waals surface area contributed by atoms with E-state index in [1.165, 1.54) is 6.20 Å². The van der Waals surface area contributed by atoms with Crippen molar-refractivity contribution < 1.29 is 19.1 Å². The Kier molecular flexibility index (Phi) is 6.29. The number of Topliss-reactive ketones (excluding diaryl/α,β-unsaturated/α-hetero) is 1. The van der Waals surface area contributed by atoms with Gasteiger partial charge in [0.2, 0.25) is 5.78 Å². The first-order valence-electron chi connectivity index (χ1n) is 6.31. The standard InChI is InChI=1S/C15H19NO4/c1-4-19-15(18)13(10-16(2)3)14(17)11-20-12-8-6-5-7-9-12/h5-10H,4,11H2,1-3H3/b13-10-. The number of hydrogen-bond acceptors (Lipinski definition) is 5. The molecule has 0 spiro atoms. The minimum atomic E-state index is -0.636. The van der Waals surface area contributed by atoms with Gasteiger partial charge in [0.05, 0.1) is 6.61 Å². The molecule has 1 aromatic carbocycles. The summed E-state index contributed by atoms with van der Waals surface area (Å²) in [6.07, 6.45) is 1.44. The first kappa shape index (κ1) is 15.8. The van der Waals surface area contributed by atoms with Gasteiger partial charge in [-0.25, -0.2) is 4.79 Å². The van der Waals surface area contributed by atoms with Crippen molar-refractivity contribution in [2.45, 2.75) is 6.92 Å². The fraction of sp³-hybridized carbons (Fsp3) is 0.333. The van der Waals surface area contributed by atoms with Crippen molar-refractivity contribution in [3.8, 4) is 5.75 Å². The Morgan fingerprint density at radius 1 is 1.20 bits per heavy atom. The summed E-state index contributed by atoms with van der Waals surface area (Å²) in [5.41, 5.74) is -0.0206. The van der Waals surface area contributed by atoms with Gasteiger partial charge in [-0.2, -0.15) is 0 Å². The number of rotatable bonds is 7. The van der Waals surface area contributed by atoms with Crippen molar-refractivity contribution in [2.24, 2.45) is 0 Å². The molecule has 0 radical (unpaired) electrons. The van der Waals surface area contributed by atoms with Crippen LogP contribution in [0.25, 0.3) is 0 Å². The number of nitrogens with zero attached hydrogens (tertiary/aromatic N) is 1. The summed E-state index contributed by atoms with van der Waals surface area (Å²) in [4.78, 5) is 25.4. The van der Waals surface area contributed by atoms with E-state index in [0.29, 0.717) is 5.75 Å². The number of carbonyl (C=O) groups excluding carboxylic acids is 2. The van der Waals surface area contributed by atoms with E-state index in [1.54, 1.807) is 38.1 Å². The van der Waals surface area contributed by atoms with Gasteiger partial charge in [-0.15, -0.1) is 0 Å². The second kappa shape index (κ2) is 7.99. The molecule has 0 bridgehead atoms. The fourth-order valence-electron chi connectivity index (χ4n) is 1.45. The zero-order valence-corrected chi connectivity index (χ0v) is 12.0. The molecule has 0 aliphatic heterocycles. The van der Waals surface area contributed by atoms with Crippen molar-refractivity contribution in [1.29, 1.82) is 0 Å². The van der Waals surface area contributed by atoms with Crippen LogP contribution in [-0.4, -0.2) is 44.0 Å². The van der Waals surface area contributed by atoms with Crippen LogP contribution in [0.4, 0.5) is 0 Å². The van der Waals surface area contributed by atoms with Crippen molar-refractivity contribution in [3.05, 3.63) is 42.1 Å². The molecule has 0 saturated heterocycles. The normalized spacial score (nSPS) is 10.8. The van der Waals surface area contributed by atoms with Gasteiger partial charge in [0.1, 0.15) is 11.3 Å². The lowest BCUT2D eigenvalue weighted by atomic mass is 10.2. The van der Waals surface area contributed by atoms with Crippen LogP contribution in [0.1, 0.15) is 6.92 Å². The zero-order valence-electron chi connectivity index (χ0n) is 12.0. The highest BCUT2D eigenvalue weighted by Gasteiger charge is 2.20. The third kappa shape index (κ3) is 5.14. The highest BCUT2D eigenvalue weighted by atomic mass is 16.5. The van der Waals surface area contributed by atoms with E-state index >= 15 is 0 Å². The number of carbonyl (C=O) groups is 2. The summed E-state index contributed by atoms with van der Waals surface area (Å²) >= 11 is 0. The molecule has 0 N–H and O–H groups in total. The molecule has 108 valence electrons. The summed E-state index contributed by atoms with van der Waals surface area (Å²) < 4.78 is 10.2. The van der Waals surface area contributed by atoms with Gasteiger partial charge in [-0.1, -0.05) is 18.2 Å². The van der Waals surface area contributed by atoms with Crippen molar-refractivity contribution in [3.63, 3.8) is 0 Å². The average molecular weight is 277 g/mol. The van der Waals surface area contributed by atoms with E-state index < -0.39 is 11.8 Å². The van der Waals surface area contributed by atoms with E-state index in [9.17, 15) is 9.59 Å². The quantitative estimate of drug-likeness (QED) is 0.328. The summed E-state index contributed by atoms with van der Waals surface area (Å²) in [5, 5.41) is 0. The topological polar surface area (TPSA) is 55.8 Å². The van der Waals surface area contributed by atoms with Gasteiger partial charge < -0.3 is 14.4 Å². The smallest absolute Gasteiger partial charge is 0.343 e. The van der Waals surface area contributed by atoms with Gasteiger partial charge in [-0.05, 0) is 19.1 Å². The van der Waals surface area contributed by atoms with Crippen LogP contribution in [0.5, 0.6) is 5.75 Å². The van der Waals surface area contributed by atoms with E-state index in [4.69, 9.17) is 9.47 Å². The number of ether oxygens (including phenoxy) is 2. The van der Waals surface area contributed by atoms with Gasteiger partial charge in [0, 0.05) is 20.3 Å². The molecule has 0 aromatic heterocycles. The Bertz CT molecular complexity index is 480. The Hall–Kier alpha value is -2.30. The third-order valence-electron chi connectivity index (χ3n) is 2.30. The molecular weight excluding hydrogens is 258 g/mol. The van der Waals surface area contributed by atoms with E-state index in [1.807, 2.05) is 18.2 Å². The summed E-state index contributed by atoms with van der Waals surface area (Å²) in [5.74, 6) is -0.474. The van der Waals surface area contributed by atoms with Crippen LogP contribution >= 0.6 is 0 Å². The molecule has 0 aliphatic carbocycles. The molecular formula is C15H19NO4. The highest BCUT2D eigenvalue weighted by Crippen LogP contribution is 2.10. The fourth-order valence-corrected chi connectivity index (χ4v) is 1.45. The minimum absolute atomic E-state index is 0.0206. The average Bonchev–Trinajstić information content (AvgIpc) is 2.43. The Balaban J connectivity index is 2.71. The molecule has 0 atom stereocenters. The molecule has 0 saturated carbocycles. The van der Waals surface area contributed by atoms with Crippen LogP contribution in [0.2, 0.25) is 0 Å². The maximum atomic E-state index is 12.0. The Morgan fingerprint density at radius 2 is 1.85 bits per heavy atom. The number of ketones is 1. The van der Waals surface area contributed by atoms with Crippen molar-refractivity contribution in [2.75, 3.05) is 27.3 Å². The van der Waals surface area contributed by atoms with Gasteiger partial charge in [0.15, 0.2) is 6.61 Å². The van der Waals surface area contributed by atoms with Crippen molar-refractivity contribution in [1.82, 2.24) is 4.90 Å². The summed E-state index contributed by atoms with van der Waals surface area (Å²) in [7, 11) is 3.45. The van der Waals surface area contributed by atoms with Crippen LogP contribution in [0.3, 0.4) is 0 Å². The second-order valence-electron chi connectivity index (χ2n) is 4.25. The molecule has 1 aromatic rings. The van der Waals surface area contributed by atoms with E-state index in [-0.39, 0.29) is 18.8 Å². The molecule has 20 heavy (non-hydrogen) atoms. The first-order chi connectivity index (χ1) is 9.54. The Labute approximate surface area is 118 Å². The molecule has 0 amide bonds. The van der Waals surface area contributed by atoms with Gasteiger partial charge in [-0.3, -0.25) is 4.79 Å². The zero-order chi connectivity index (χ0) is 15.0. The van der Waals surface area contributed by atoms with E-state index in [0.717, 1.165) is 0 Å². The lowest BCUT2D eigenvalue weighted by Gasteiger charge is -2.11. The summed E-state index contributed by atoms with van der Waals surface area (Å²) in [6, 6.07) is 8.95. The van der Waals surface area contributed by atoms with Gasteiger partial charge >= 0.3 is 5.97 Å². The number of esters is 1. The molecule has 0 unspecified atom stereocenters. The van der Waals surface area contributed by atoms with Crippen LogP contribution < -0.4 is 4.74 Å². The predicted octanol–water partition coefficient (Wildman–Crippen LogP) is 1.64. The minimum Gasteiger partial charge on any atom is -0.485 e. The number of benzene rings is 1. The lowest BCUT2D eigenvalue weighted by molar-refractivity contribution is -0.140. The maximum Gasteiger partial charge on any atom is 0.343 e. The van der Waals surface area contributed by atoms with Gasteiger partial charge in [0.25, 0.3) is 0 Å². The maximum absolute atomic E-state index is 12.0. The predicted molar refractivity (Wildman–Crippen MR) is 75.3 cm³/mol. The summed E-state index contributed by atoms with van der Waals surface area (Å²) in [6.45, 7) is 1.70. The van der Waals surface area contributed by atoms with Crippen LogP contribution in [-0.2, 0) is 14.3 Å².